The Bertz CT molecular complexity index is 1430. The number of ether oxygens (including phenoxy) is 3. The lowest BCUT2D eigenvalue weighted by Gasteiger charge is -2.22. The highest BCUT2D eigenvalue weighted by Gasteiger charge is 2.29. The Labute approximate surface area is 194 Å². The molecule has 34 heavy (non-hydrogen) atoms. The van der Waals surface area contributed by atoms with Gasteiger partial charge in [-0.15, -0.1) is 0 Å². The summed E-state index contributed by atoms with van der Waals surface area (Å²) in [6.07, 6.45) is 4.09. The van der Waals surface area contributed by atoms with Gasteiger partial charge in [0.15, 0.2) is 17.2 Å². The zero-order chi connectivity index (χ0) is 24.0. The molecule has 4 aromatic heterocycles. The molecular weight excluding hydrogens is 440 g/mol. The first-order valence-corrected chi connectivity index (χ1v) is 10.9. The van der Waals surface area contributed by atoms with Gasteiger partial charge in [-0.05, 0) is 39.8 Å². The number of carbonyl (C=O) groups is 2. The normalized spacial score (nSPS) is 13.3. The molecule has 1 aliphatic rings. The molecule has 5 heterocycles. The number of carbonyl (C=O) groups excluding carboxylic acids is 2. The van der Waals surface area contributed by atoms with E-state index < -0.39 is 17.7 Å². The Morgan fingerprint density at radius 3 is 2.85 bits per heavy atom. The second-order valence-corrected chi connectivity index (χ2v) is 8.70. The molecule has 0 saturated heterocycles. The molecule has 1 aliphatic heterocycles. The van der Waals surface area contributed by atoms with E-state index in [1.807, 2.05) is 6.07 Å². The predicted molar refractivity (Wildman–Crippen MR) is 123 cm³/mol. The zero-order valence-corrected chi connectivity index (χ0v) is 19.3. The number of aromatic nitrogens is 5. The molecular formula is C23H24N6O5. The van der Waals surface area contributed by atoms with Crippen LogP contribution in [-0.4, -0.2) is 61.6 Å². The standard InChI is InChI=1S/C23H24N6O5/c1-5-32-21(30)14-11-26-29-19(14)27-16(17-20(29)25-9-10-33-17)15-12-28(22(31)34-23(2,3)4)18-13(15)7-6-8-24-18/h6-8,11-12,25H,5,9-10H2,1-4H3. The van der Waals surface area contributed by atoms with Crippen LogP contribution in [0.3, 0.4) is 0 Å². The van der Waals surface area contributed by atoms with Crippen LogP contribution in [0.1, 0.15) is 38.1 Å². The van der Waals surface area contributed by atoms with Gasteiger partial charge in [0.05, 0.1) is 19.3 Å². The molecule has 0 aliphatic carbocycles. The summed E-state index contributed by atoms with van der Waals surface area (Å²) in [6.45, 7) is 8.33. The van der Waals surface area contributed by atoms with Crippen LogP contribution in [-0.2, 0) is 9.47 Å². The molecule has 11 nitrogen and oxygen atoms in total. The van der Waals surface area contributed by atoms with E-state index >= 15 is 0 Å². The summed E-state index contributed by atoms with van der Waals surface area (Å²) < 4.78 is 19.6. The third-order valence-corrected chi connectivity index (χ3v) is 5.15. The van der Waals surface area contributed by atoms with Crippen LogP contribution < -0.4 is 10.1 Å². The first-order valence-electron chi connectivity index (χ1n) is 10.9. The first-order chi connectivity index (χ1) is 16.3. The number of rotatable bonds is 3. The van der Waals surface area contributed by atoms with E-state index in [4.69, 9.17) is 19.2 Å². The van der Waals surface area contributed by atoms with Crippen molar-refractivity contribution in [1.29, 1.82) is 0 Å². The molecule has 4 aromatic rings. The van der Waals surface area contributed by atoms with Gasteiger partial charge in [-0.1, -0.05) is 0 Å². The van der Waals surface area contributed by atoms with Gasteiger partial charge in [-0.2, -0.15) is 9.61 Å². The second-order valence-electron chi connectivity index (χ2n) is 8.70. The average Bonchev–Trinajstić information content (AvgIpc) is 3.40. The van der Waals surface area contributed by atoms with Crippen LogP contribution >= 0.6 is 0 Å². The van der Waals surface area contributed by atoms with Gasteiger partial charge < -0.3 is 19.5 Å². The number of fused-ring (bicyclic) bond motifs is 4. The van der Waals surface area contributed by atoms with Gasteiger partial charge in [-0.25, -0.2) is 24.1 Å². The van der Waals surface area contributed by atoms with E-state index in [1.165, 1.54) is 15.3 Å². The van der Waals surface area contributed by atoms with Gasteiger partial charge in [0.1, 0.15) is 29.1 Å². The Hall–Kier alpha value is -4.15. The Balaban J connectivity index is 1.76. The molecule has 0 saturated carbocycles. The van der Waals surface area contributed by atoms with Gasteiger partial charge in [-0.3, -0.25) is 0 Å². The van der Waals surface area contributed by atoms with Crippen molar-refractivity contribution < 1.29 is 23.8 Å². The lowest BCUT2D eigenvalue weighted by atomic mass is 10.1. The maximum Gasteiger partial charge on any atom is 0.420 e. The fourth-order valence-corrected chi connectivity index (χ4v) is 3.83. The van der Waals surface area contributed by atoms with Crippen molar-refractivity contribution >= 4 is 34.6 Å². The topological polar surface area (TPSA) is 122 Å². The molecule has 0 aromatic carbocycles. The quantitative estimate of drug-likeness (QED) is 0.454. The minimum Gasteiger partial charge on any atom is -0.486 e. The Kier molecular flexibility index (Phi) is 5.11. The lowest BCUT2D eigenvalue weighted by molar-refractivity contribution is 0.0523. The maximum atomic E-state index is 13.0. The van der Waals surface area contributed by atoms with Crippen molar-refractivity contribution in [3.63, 3.8) is 0 Å². The summed E-state index contributed by atoms with van der Waals surface area (Å²) >= 11 is 0. The van der Waals surface area contributed by atoms with E-state index in [0.29, 0.717) is 52.7 Å². The number of hydrogen-bond acceptors (Lipinski definition) is 9. The van der Waals surface area contributed by atoms with Crippen molar-refractivity contribution in [2.24, 2.45) is 0 Å². The first kappa shape index (κ1) is 21.7. The van der Waals surface area contributed by atoms with E-state index in [1.54, 1.807) is 46.2 Å². The van der Waals surface area contributed by atoms with Crippen molar-refractivity contribution in [2.45, 2.75) is 33.3 Å². The van der Waals surface area contributed by atoms with E-state index in [-0.39, 0.29) is 12.2 Å². The van der Waals surface area contributed by atoms with Crippen LogP contribution in [0.15, 0.2) is 30.7 Å². The molecule has 5 rings (SSSR count). The van der Waals surface area contributed by atoms with Gasteiger partial charge in [0.2, 0.25) is 0 Å². The van der Waals surface area contributed by atoms with E-state index in [0.717, 1.165) is 0 Å². The molecule has 176 valence electrons. The summed E-state index contributed by atoms with van der Waals surface area (Å²) in [5, 5.41) is 8.28. The largest absolute Gasteiger partial charge is 0.486 e. The summed E-state index contributed by atoms with van der Waals surface area (Å²) in [7, 11) is 0. The molecule has 0 spiro atoms. The molecule has 0 radical (unpaired) electrons. The van der Waals surface area contributed by atoms with Crippen LogP contribution in [0.25, 0.3) is 27.9 Å². The monoisotopic (exact) mass is 464 g/mol. The van der Waals surface area contributed by atoms with Gasteiger partial charge in [0.25, 0.3) is 0 Å². The fourth-order valence-electron chi connectivity index (χ4n) is 3.83. The maximum absolute atomic E-state index is 13.0. The zero-order valence-electron chi connectivity index (χ0n) is 19.3. The van der Waals surface area contributed by atoms with E-state index in [2.05, 4.69) is 15.4 Å². The van der Waals surface area contributed by atoms with Crippen molar-refractivity contribution in [3.05, 3.63) is 36.3 Å². The van der Waals surface area contributed by atoms with Gasteiger partial charge in [0, 0.05) is 23.3 Å². The smallest absolute Gasteiger partial charge is 0.420 e. The van der Waals surface area contributed by atoms with Crippen LogP contribution in [0, 0.1) is 0 Å². The minimum absolute atomic E-state index is 0.227. The third kappa shape index (κ3) is 3.58. The van der Waals surface area contributed by atoms with E-state index in [9.17, 15) is 9.59 Å². The highest BCUT2D eigenvalue weighted by Crippen LogP contribution is 2.41. The molecule has 0 unspecified atom stereocenters. The molecule has 0 bridgehead atoms. The second kappa shape index (κ2) is 8.01. The molecule has 0 fully saturated rings. The average molecular weight is 464 g/mol. The minimum atomic E-state index is -0.682. The SMILES string of the molecule is CCOC(=O)c1cnn2c3c(c(-c4cn(C(=O)OC(C)(C)C)c5ncccc45)nc12)OCCN3. The molecule has 0 atom stereocenters. The number of nitrogens with zero attached hydrogens (tertiary/aromatic N) is 5. The third-order valence-electron chi connectivity index (χ3n) is 5.15. The number of hydrogen-bond donors (Lipinski definition) is 1. The number of anilines is 1. The van der Waals surface area contributed by atoms with Gasteiger partial charge >= 0.3 is 12.1 Å². The van der Waals surface area contributed by atoms with Crippen LogP contribution in [0.2, 0.25) is 0 Å². The van der Waals surface area contributed by atoms with Crippen molar-refractivity contribution in [2.75, 3.05) is 25.1 Å². The van der Waals surface area contributed by atoms with Crippen molar-refractivity contribution in [1.82, 2.24) is 24.1 Å². The summed E-state index contributed by atoms with van der Waals surface area (Å²) in [6, 6.07) is 3.62. The molecule has 11 heteroatoms. The lowest BCUT2D eigenvalue weighted by Crippen LogP contribution is -2.26. The number of pyridine rings is 1. The highest BCUT2D eigenvalue weighted by atomic mass is 16.6. The van der Waals surface area contributed by atoms with Crippen LogP contribution in [0.4, 0.5) is 10.6 Å². The molecule has 0 amide bonds. The summed E-state index contributed by atoms with van der Waals surface area (Å²) in [5.74, 6) is 0.499. The summed E-state index contributed by atoms with van der Waals surface area (Å²) in [4.78, 5) is 34.6. The Morgan fingerprint density at radius 1 is 1.26 bits per heavy atom. The summed E-state index contributed by atoms with van der Waals surface area (Å²) in [5.41, 5.74) is 1.33. The van der Waals surface area contributed by atoms with Crippen molar-refractivity contribution in [3.8, 4) is 17.0 Å². The fraction of sp³-hybridized carbons (Fsp3) is 0.348. The highest BCUT2D eigenvalue weighted by molar-refractivity contribution is 6.01. The molecule has 1 N–H and O–H groups in total. The predicted octanol–water partition coefficient (Wildman–Crippen LogP) is 3.51. The Morgan fingerprint density at radius 2 is 2.09 bits per heavy atom. The number of nitrogens with one attached hydrogen (secondary N) is 1. The van der Waals surface area contributed by atoms with Crippen LogP contribution in [0.5, 0.6) is 5.75 Å². The number of esters is 1.